The number of carbonyl (C=O) groups is 1. The van der Waals surface area contributed by atoms with Crippen LogP contribution in [0.4, 0.5) is 0 Å². The maximum Gasteiger partial charge on any atom is 0.171 e. The average Bonchev–Trinajstić information content (AvgIpc) is 2.87. The summed E-state index contributed by atoms with van der Waals surface area (Å²) in [5.41, 5.74) is 0.978. The Kier molecular flexibility index (Phi) is 3.71. The fourth-order valence-electron chi connectivity index (χ4n) is 2.12. The molecule has 0 N–H and O–H groups in total. The summed E-state index contributed by atoms with van der Waals surface area (Å²) in [6.07, 6.45) is 3.45. The lowest BCUT2D eigenvalue weighted by Crippen LogP contribution is -2.18. The number of carbonyl (C=O) groups excluding carboxylic acids is 1. The maximum absolute atomic E-state index is 11.4. The molecule has 0 aromatic carbocycles. The largest absolute Gasteiger partial charge is 0.297 e. The van der Waals surface area contributed by atoms with Gasteiger partial charge in [-0.15, -0.1) is 11.3 Å². The third kappa shape index (κ3) is 2.50. The van der Waals surface area contributed by atoms with Gasteiger partial charge in [-0.2, -0.15) is 0 Å². The van der Waals surface area contributed by atoms with Crippen LogP contribution in [0.5, 0.6) is 0 Å². The van der Waals surface area contributed by atoms with Crippen LogP contribution in [0.3, 0.4) is 0 Å². The van der Waals surface area contributed by atoms with E-state index in [0.29, 0.717) is 0 Å². The molecule has 3 nitrogen and oxygen atoms in total. The van der Waals surface area contributed by atoms with Crippen LogP contribution in [0, 0.1) is 0 Å². The first-order valence-corrected chi connectivity index (χ1v) is 6.74. The first kappa shape index (κ1) is 11.7. The number of rotatable bonds is 4. The Hall–Kier alpha value is -0.740. The summed E-state index contributed by atoms with van der Waals surface area (Å²) in [4.78, 5) is 19.3. The summed E-state index contributed by atoms with van der Waals surface area (Å²) in [6.45, 7) is 6.96. The number of nitrogens with zero attached hydrogens (tertiary/aromatic N) is 2. The zero-order valence-electron chi connectivity index (χ0n) is 9.95. The average molecular weight is 238 g/mol. The number of hydrogen-bond acceptors (Lipinski definition) is 4. The molecule has 88 valence electrons. The first-order valence-electron chi connectivity index (χ1n) is 5.92. The van der Waals surface area contributed by atoms with E-state index in [1.165, 1.54) is 25.9 Å². The number of hydrogen-bond donors (Lipinski definition) is 0. The number of ketones is 1. The molecule has 0 atom stereocenters. The Labute approximate surface area is 100 Å². The highest BCUT2D eigenvalue weighted by Crippen LogP contribution is 2.22. The highest BCUT2D eigenvalue weighted by Gasteiger charge is 2.17. The standard InChI is InChI=1S/C12H18N2OS/c1-3-10-12(9(2)15)16-11(13-10)8-14-6-4-5-7-14/h3-8H2,1-2H3. The zero-order chi connectivity index (χ0) is 11.5. The molecule has 2 heterocycles. The third-order valence-electron chi connectivity index (χ3n) is 2.95. The molecule has 1 saturated heterocycles. The second kappa shape index (κ2) is 5.06. The van der Waals surface area contributed by atoms with Gasteiger partial charge >= 0.3 is 0 Å². The molecule has 0 spiro atoms. The number of likely N-dealkylation sites (tertiary alicyclic amines) is 1. The maximum atomic E-state index is 11.4. The molecule has 0 bridgehead atoms. The first-order chi connectivity index (χ1) is 7.70. The second-order valence-electron chi connectivity index (χ2n) is 4.28. The third-order valence-corrected chi connectivity index (χ3v) is 4.14. The molecular weight excluding hydrogens is 220 g/mol. The summed E-state index contributed by atoms with van der Waals surface area (Å²) < 4.78 is 0. The van der Waals surface area contributed by atoms with Crippen molar-refractivity contribution in [3.63, 3.8) is 0 Å². The molecule has 0 amide bonds. The van der Waals surface area contributed by atoms with Crippen molar-refractivity contribution in [2.75, 3.05) is 13.1 Å². The molecule has 1 aliphatic heterocycles. The van der Waals surface area contributed by atoms with E-state index in [2.05, 4.69) is 16.8 Å². The van der Waals surface area contributed by atoms with Gasteiger partial charge < -0.3 is 0 Å². The monoisotopic (exact) mass is 238 g/mol. The van der Waals surface area contributed by atoms with Crippen molar-refractivity contribution < 1.29 is 4.79 Å². The van der Waals surface area contributed by atoms with E-state index >= 15 is 0 Å². The summed E-state index contributed by atoms with van der Waals surface area (Å²) in [6, 6.07) is 0. The van der Waals surface area contributed by atoms with Crippen molar-refractivity contribution in [2.45, 2.75) is 39.7 Å². The van der Waals surface area contributed by atoms with Gasteiger partial charge in [0.25, 0.3) is 0 Å². The van der Waals surface area contributed by atoms with Crippen LogP contribution >= 0.6 is 11.3 Å². The molecule has 2 rings (SSSR count). The van der Waals surface area contributed by atoms with Gasteiger partial charge in [-0.1, -0.05) is 6.92 Å². The molecule has 0 saturated carbocycles. The van der Waals surface area contributed by atoms with Gasteiger partial charge in [0.1, 0.15) is 5.01 Å². The van der Waals surface area contributed by atoms with Gasteiger partial charge in [0, 0.05) is 6.92 Å². The van der Waals surface area contributed by atoms with E-state index < -0.39 is 0 Å². The minimum absolute atomic E-state index is 0.155. The second-order valence-corrected chi connectivity index (χ2v) is 5.36. The molecule has 0 unspecified atom stereocenters. The molecule has 1 aromatic heterocycles. The van der Waals surface area contributed by atoms with E-state index in [1.54, 1.807) is 18.3 Å². The Morgan fingerprint density at radius 3 is 2.62 bits per heavy atom. The molecule has 4 heteroatoms. The Morgan fingerprint density at radius 2 is 2.12 bits per heavy atom. The Balaban J connectivity index is 2.12. The number of Topliss-reactive ketones (excluding diaryl/α,β-unsaturated/α-hetero) is 1. The predicted octanol–water partition coefficient (Wildman–Crippen LogP) is 2.50. The van der Waals surface area contributed by atoms with Crippen molar-refractivity contribution in [1.29, 1.82) is 0 Å². The normalized spacial score (nSPS) is 16.9. The van der Waals surface area contributed by atoms with Crippen molar-refractivity contribution >= 4 is 17.1 Å². The Bertz CT molecular complexity index is 380. The molecule has 0 radical (unpaired) electrons. The topological polar surface area (TPSA) is 33.2 Å². The minimum Gasteiger partial charge on any atom is -0.297 e. The van der Waals surface area contributed by atoms with Crippen molar-refractivity contribution in [1.82, 2.24) is 9.88 Å². The summed E-state index contributed by atoms with van der Waals surface area (Å²) >= 11 is 1.58. The number of aryl methyl sites for hydroxylation is 1. The summed E-state index contributed by atoms with van der Waals surface area (Å²) in [5.74, 6) is 0.155. The zero-order valence-corrected chi connectivity index (χ0v) is 10.8. The van der Waals surface area contributed by atoms with Gasteiger partial charge in [-0.05, 0) is 32.4 Å². The predicted molar refractivity (Wildman–Crippen MR) is 66.0 cm³/mol. The number of thiazole rings is 1. The van der Waals surface area contributed by atoms with E-state index in [9.17, 15) is 4.79 Å². The molecule has 16 heavy (non-hydrogen) atoms. The molecular formula is C12H18N2OS. The van der Waals surface area contributed by atoms with Gasteiger partial charge in [0.05, 0.1) is 17.1 Å². The molecule has 1 aromatic rings. The molecule has 1 aliphatic rings. The minimum atomic E-state index is 0.155. The van der Waals surface area contributed by atoms with Crippen molar-refractivity contribution in [3.8, 4) is 0 Å². The molecule has 1 fully saturated rings. The van der Waals surface area contributed by atoms with Crippen LogP contribution in [0.1, 0.15) is 47.1 Å². The fraction of sp³-hybridized carbons (Fsp3) is 0.667. The lowest BCUT2D eigenvalue weighted by atomic mass is 10.2. The van der Waals surface area contributed by atoms with Gasteiger partial charge in [0.2, 0.25) is 0 Å². The smallest absolute Gasteiger partial charge is 0.171 e. The van der Waals surface area contributed by atoms with Crippen LogP contribution in [0.15, 0.2) is 0 Å². The van der Waals surface area contributed by atoms with Crippen LogP contribution in [0.2, 0.25) is 0 Å². The lowest BCUT2D eigenvalue weighted by molar-refractivity contribution is 0.102. The van der Waals surface area contributed by atoms with Crippen molar-refractivity contribution in [3.05, 3.63) is 15.6 Å². The summed E-state index contributed by atoms with van der Waals surface area (Å²) in [5, 5.41) is 1.10. The van der Waals surface area contributed by atoms with Crippen LogP contribution in [-0.2, 0) is 13.0 Å². The van der Waals surface area contributed by atoms with Crippen LogP contribution in [-0.4, -0.2) is 28.8 Å². The quantitative estimate of drug-likeness (QED) is 0.756. The fourth-order valence-corrected chi connectivity index (χ4v) is 3.21. The Morgan fingerprint density at radius 1 is 1.44 bits per heavy atom. The van der Waals surface area contributed by atoms with E-state index in [-0.39, 0.29) is 5.78 Å². The van der Waals surface area contributed by atoms with E-state index in [0.717, 1.165) is 28.5 Å². The van der Waals surface area contributed by atoms with Crippen molar-refractivity contribution in [2.24, 2.45) is 0 Å². The SMILES string of the molecule is CCc1nc(CN2CCCC2)sc1C(C)=O. The lowest BCUT2D eigenvalue weighted by Gasteiger charge is -2.11. The van der Waals surface area contributed by atoms with E-state index in [1.807, 2.05) is 0 Å². The highest BCUT2D eigenvalue weighted by atomic mass is 32.1. The van der Waals surface area contributed by atoms with Gasteiger partial charge in [-0.25, -0.2) is 4.98 Å². The van der Waals surface area contributed by atoms with Gasteiger partial charge in [0.15, 0.2) is 5.78 Å². The van der Waals surface area contributed by atoms with Crippen LogP contribution < -0.4 is 0 Å². The number of aromatic nitrogens is 1. The summed E-state index contributed by atoms with van der Waals surface area (Å²) in [7, 11) is 0. The van der Waals surface area contributed by atoms with Gasteiger partial charge in [-0.3, -0.25) is 9.69 Å². The van der Waals surface area contributed by atoms with E-state index in [4.69, 9.17) is 0 Å². The van der Waals surface area contributed by atoms with Crippen LogP contribution in [0.25, 0.3) is 0 Å². The highest BCUT2D eigenvalue weighted by molar-refractivity contribution is 7.13. The molecule has 0 aliphatic carbocycles.